The Labute approximate surface area is 231 Å². The first-order valence-electron chi connectivity index (χ1n) is 13.1. The Kier molecular flexibility index (Phi) is 12.3. The highest BCUT2D eigenvalue weighted by Gasteiger charge is 2.38. The summed E-state index contributed by atoms with van der Waals surface area (Å²) in [6, 6.07) is 11.6. The van der Waals surface area contributed by atoms with Crippen molar-refractivity contribution in [2.45, 2.75) is 52.8 Å². The molecule has 1 aromatic heterocycles. The number of benzene rings is 1. The minimum absolute atomic E-state index is 0.128. The van der Waals surface area contributed by atoms with Crippen LogP contribution in [0, 0.1) is 11.8 Å². The Morgan fingerprint density at radius 3 is 2.35 bits per heavy atom. The highest BCUT2D eigenvalue weighted by molar-refractivity contribution is 5.93. The van der Waals surface area contributed by atoms with Gasteiger partial charge in [0.25, 0.3) is 5.91 Å². The molecule has 0 aliphatic carbocycles. The summed E-state index contributed by atoms with van der Waals surface area (Å²) in [6.07, 6.45) is -3.65. The molecular weight excluding hydrogens is 529 g/mol. The quantitative estimate of drug-likeness (QED) is 0.380. The first kappa shape index (κ1) is 32.5. The van der Waals surface area contributed by atoms with Gasteiger partial charge in [-0.25, -0.2) is 9.59 Å². The van der Waals surface area contributed by atoms with Crippen molar-refractivity contribution in [2.75, 3.05) is 31.5 Å². The van der Waals surface area contributed by atoms with Crippen molar-refractivity contribution in [1.29, 1.82) is 0 Å². The van der Waals surface area contributed by atoms with Gasteiger partial charge in [0, 0.05) is 44.2 Å². The largest absolute Gasteiger partial charge is 0.490 e. The highest BCUT2D eigenvalue weighted by Crippen LogP contribution is 2.19. The molecule has 13 heteroatoms. The number of urea groups is 1. The molecule has 1 aliphatic heterocycles. The van der Waals surface area contributed by atoms with Gasteiger partial charge in [0.1, 0.15) is 0 Å². The van der Waals surface area contributed by atoms with Crippen LogP contribution in [-0.4, -0.2) is 76.5 Å². The summed E-state index contributed by atoms with van der Waals surface area (Å²) in [4.78, 5) is 36.3. The van der Waals surface area contributed by atoms with E-state index in [2.05, 4.69) is 53.8 Å². The van der Waals surface area contributed by atoms with Gasteiger partial charge in [-0.2, -0.15) is 13.2 Å². The number of amides is 3. The molecule has 1 aliphatic rings. The topological polar surface area (TPSA) is 137 Å². The van der Waals surface area contributed by atoms with Gasteiger partial charge in [-0.3, -0.25) is 10.1 Å². The maximum atomic E-state index is 13.2. The number of aromatic nitrogens is 2. The van der Waals surface area contributed by atoms with Crippen molar-refractivity contribution >= 4 is 23.7 Å². The molecule has 0 unspecified atom stereocenters. The van der Waals surface area contributed by atoms with Gasteiger partial charge in [0.15, 0.2) is 11.5 Å². The van der Waals surface area contributed by atoms with Gasteiger partial charge < -0.3 is 20.6 Å². The monoisotopic (exact) mass is 566 g/mol. The summed E-state index contributed by atoms with van der Waals surface area (Å²) in [7, 11) is 0. The number of carbonyl (C=O) groups is 3. The summed E-state index contributed by atoms with van der Waals surface area (Å²) in [5.41, 5.74) is 2.12. The van der Waals surface area contributed by atoms with E-state index in [1.807, 2.05) is 35.2 Å². The Morgan fingerprint density at radius 2 is 1.77 bits per heavy atom. The lowest BCUT2D eigenvalue weighted by atomic mass is 10.0. The number of nitrogens with zero attached hydrogens (tertiary/aromatic N) is 3. The minimum atomic E-state index is -5.08. The van der Waals surface area contributed by atoms with Crippen LogP contribution >= 0.6 is 0 Å². The number of carboxylic acid groups (broad SMARTS) is 1. The fraction of sp³-hybridized carbons (Fsp3) is 0.519. The van der Waals surface area contributed by atoms with Crippen LogP contribution < -0.4 is 16.0 Å². The molecule has 0 saturated carbocycles. The predicted octanol–water partition coefficient (Wildman–Crippen LogP) is 3.94. The second-order valence-corrected chi connectivity index (χ2v) is 10.2. The maximum Gasteiger partial charge on any atom is 0.490 e. The van der Waals surface area contributed by atoms with Crippen molar-refractivity contribution in [2.24, 2.45) is 11.8 Å². The van der Waals surface area contributed by atoms with Crippen LogP contribution in [0.15, 0.2) is 36.4 Å². The number of nitrogens with one attached hydrogen (secondary N) is 3. The SMILES string of the molecule is CC(C)CCNC(=O)Nc1nnc(C(=O)N2CCN[C@@H](C(C)C)C2)cc1Cc1ccccc1.O=C(O)C(F)(F)F. The molecule has 0 spiro atoms. The molecule has 1 fully saturated rings. The van der Waals surface area contributed by atoms with Crippen molar-refractivity contribution < 1.29 is 32.7 Å². The first-order valence-corrected chi connectivity index (χ1v) is 13.1. The molecule has 1 saturated heterocycles. The van der Waals surface area contributed by atoms with E-state index in [-0.39, 0.29) is 18.0 Å². The normalized spacial score (nSPS) is 15.3. The van der Waals surface area contributed by atoms with E-state index < -0.39 is 12.1 Å². The van der Waals surface area contributed by atoms with E-state index in [1.54, 1.807) is 6.07 Å². The minimum Gasteiger partial charge on any atom is -0.475 e. The van der Waals surface area contributed by atoms with Gasteiger partial charge in [-0.1, -0.05) is 58.0 Å². The van der Waals surface area contributed by atoms with Crippen LogP contribution in [0.1, 0.15) is 55.7 Å². The van der Waals surface area contributed by atoms with Crippen LogP contribution in [0.4, 0.5) is 23.8 Å². The van der Waals surface area contributed by atoms with E-state index in [4.69, 9.17) is 9.90 Å². The van der Waals surface area contributed by atoms with Gasteiger partial charge in [0.05, 0.1) is 0 Å². The average Bonchev–Trinajstić information content (AvgIpc) is 2.89. The molecular formula is C27H37F3N6O4. The summed E-state index contributed by atoms with van der Waals surface area (Å²) in [6.45, 7) is 11.1. The smallest absolute Gasteiger partial charge is 0.475 e. The third kappa shape index (κ3) is 10.8. The maximum absolute atomic E-state index is 13.2. The van der Waals surface area contributed by atoms with Crippen molar-refractivity contribution in [1.82, 2.24) is 25.7 Å². The number of halogens is 3. The molecule has 10 nitrogen and oxygen atoms in total. The Bertz CT molecular complexity index is 1130. The number of hydrogen-bond acceptors (Lipinski definition) is 6. The van der Waals surface area contributed by atoms with Crippen LogP contribution in [0.5, 0.6) is 0 Å². The van der Waals surface area contributed by atoms with E-state index in [0.29, 0.717) is 49.4 Å². The van der Waals surface area contributed by atoms with Crippen LogP contribution in [0.2, 0.25) is 0 Å². The molecule has 0 radical (unpaired) electrons. The Morgan fingerprint density at radius 1 is 1.12 bits per heavy atom. The molecule has 3 amide bonds. The van der Waals surface area contributed by atoms with Crippen molar-refractivity contribution in [3.8, 4) is 0 Å². The van der Waals surface area contributed by atoms with Gasteiger partial charge in [-0.15, -0.1) is 10.2 Å². The Balaban J connectivity index is 0.000000708. The van der Waals surface area contributed by atoms with E-state index >= 15 is 0 Å². The van der Waals surface area contributed by atoms with Crippen LogP contribution in [0.3, 0.4) is 0 Å². The van der Waals surface area contributed by atoms with Gasteiger partial charge in [-0.05, 0) is 29.9 Å². The molecule has 2 heterocycles. The number of anilines is 1. The third-order valence-corrected chi connectivity index (χ3v) is 6.11. The highest BCUT2D eigenvalue weighted by atomic mass is 19.4. The average molecular weight is 567 g/mol. The van der Waals surface area contributed by atoms with E-state index in [1.165, 1.54) is 0 Å². The summed E-state index contributed by atoms with van der Waals surface area (Å²) >= 11 is 0. The fourth-order valence-electron chi connectivity index (χ4n) is 3.79. The summed E-state index contributed by atoms with van der Waals surface area (Å²) in [5.74, 6) is -1.58. The number of rotatable bonds is 8. The molecule has 3 rings (SSSR count). The van der Waals surface area contributed by atoms with Crippen molar-refractivity contribution in [3.63, 3.8) is 0 Å². The lowest BCUT2D eigenvalue weighted by Crippen LogP contribution is -2.54. The summed E-state index contributed by atoms with van der Waals surface area (Å²) in [5, 5.41) is 24.7. The number of piperazine rings is 1. The van der Waals surface area contributed by atoms with Crippen molar-refractivity contribution in [3.05, 3.63) is 53.2 Å². The first-order chi connectivity index (χ1) is 18.8. The van der Waals surface area contributed by atoms with Crippen LogP contribution in [-0.2, 0) is 11.2 Å². The van der Waals surface area contributed by atoms with Gasteiger partial charge >= 0.3 is 18.2 Å². The lowest BCUT2D eigenvalue weighted by Gasteiger charge is -2.35. The van der Waals surface area contributed by atoms with Crippen LogP contribution in [0.25, 0.3) is 0 Å². The lowest BCUT2D eigenvalue weighted by molar-refractivity contribution is -0.192. The molecule has 220 valence electrons. The molecule has 4 N–H and O–H groups in total. The number of aliphatic carboxylic acids is 1. The number of carbonyl (C=O) groups excluding carboxylic acids is 2. The molecule has 1 atom stereocenters. The molecule has 2 aromatic rings. The second kappa shape index (κ2) is 15.2. The zero-order chi connectivity index (χ0) is 29.9. The molecule has 0 bridgehead atoms. The summed E-state index contributed by atoms with van der Waals surface area (Å²) < 4.78 is 31.7. The fourth-order valence-corrected chi connectivity index (χ4v) is 3.79. The number of carboxylic acids is 1. The third-order valence-electron chi connectivity index (χ3n) is 6.11. The van der Waals surface area contributed by atoms with Gasteiger partial charge in [0.2, 0.25) is 0 Å². The second-order valence-electron chi connectivity index (χ2n) is 10.2. The van der Waals surface area contributed by atoms with E-state index in [0.717, 1.165) is 24.1 Å². The predicted molar refractivity (Wildman–Crippen MR) is 144 cm³/mol. The number of alkyl halides is 3. The molecule has 1 aromatic carbocycles. The zero-order valence-corrected chi connectivity index (χ0v) is 23.1. The standard InChI is InChI=1S/C25H36N6O2.C2HF3O2/c1-17(2)10-11-27-25(33)28-23-20(14-19-8-6-5-7-9-19)15-21(29-30-23)24(32)31-13-12-26-22(16-31)18(3)4;3-2(4,5)1(6)7/h5-9,15,17-18,22,26H,10-14,16H2,1-4H3,(H2,27,28,30,33);(H,6,7)/t22-;/m1./s1. The molecule has 40 heavy (non-hydrogen) atoms. The zero-order valence-electron chi connectivity index (χ0n) is 23.1. The Hall–Kier alpha value is -3.74. The van der Waals surface area contributed by atoms with E-state index in [9.17, 15) is 22.8 Å². The number of hydrogen-bond donors (Lipinski definition) is 4.